The van der Waals surface area contributed by atoms with Gasteiger partial charge in [-0.3, -0.25) is 9.69 Å². The highest BCUT2D eigenvalue weighted by atomic mass is 16.5. The van der Waals surface area contributed by atoms with Crippen molar-refractivity contribution in [2.75, 3.05) is 32.8 Å². The molecular weight excluding hydrogens is 174 g/mol. The van der Waals surface area contributed by atoms with E-state index in [4.69, 9.17) is 14.9 Å². The summed E-state index contributed by atoms with van der Waals surface area (Å²) in [5.74, 6) is -0.785. The van der Waals surface area contributed by atoms with Crippen molar-refractivity contribution >= 4 is 5.97 Å². The first-order valence-electron chi connectivity index (χ1n) is 4.39. The standard InChI is InChI=1S/C8H15NO4/c10-6-7-5-9(3-4-13-7)2-1-8(11)12/h7,10H,1-6H2,(H,11,12). The molecular formula is C8H15NO4. The highest BCUT2D eigenvalue weighted by Crippen LogP contribution is 2.04. The van der Waals surface area contributed by atoms with Gasteiger partial charge in [-0.25, -0.2) is 0 Å². The molecule has 5 nitrogen and oxygen atoms in total. The molecule has 1 heterocycles. The molecule has 1 fully saturated rings. The molecule has 13 heavy (non-hydrogen) atoms. The fourth-order valence-electron chi connectivity index (χ4n) is 1.35. The highest BCUT2D eigenvalue weighted by Gasteiger charge is 2.19. The van der Waals surface area contributed by atoms with Crippen LogP contribution in [0.4, 0.5) is 0 Å². The third-order valence-electron chi connectivity index (χ3n) is 2.07. The van der Waals surface area contributed by atoms with Crippen molar-refractivity contribution in [3.63, 3.8) is 0 Å². The van der Waals surface area contributed by atoms with Gasteiger partial charge < -0.3 is 14.9 Å². The van der Waals surface area contributed by atoms with E-state index in [1.165, 1.54) is 0 Å². The van der Waals surface area contributed by atoms with E-state index in [1.807, 2.05) is 4.90 Å². The van der Waals surface area contributed by atoms with Crippen molar-refractivity contribution in [2.45, 2.75) is 12.5 Å². The van der Waals surface area contributed by atoms with Crippen LogP contribution in [0.2, 0.25) is 0 Å². The predicted molar refractivity (Wildman–Crippen MR) is 45.5 cm³/mol. The number of aliphatic carboxylic acids is 1. The van der Waals surface area contributed by atoms with E-state index in [1.54, 1.807) is 0 Å². The molecule has 0 spiro atoms. The second-order valence-corrected chi connectivity index (χ2v) is 3.12. The SMILES string of the molecule is O=C(O)CCN1CCOC(CO)C1. The number of hydrogen-bond acceptors (Lipinski definition) is 4. The topological polar surface area (TPSA) is 70.0 Å². The molecule has 0 aromatic rings. The summed E-state index contributed by atoms with van der Waals surface area (Å²) in [7, 11) is 0. The van der Waals surface area contributed by atoms with Crippen molar-refractivity contribution in [1.29, 1.82) is 0 Å². The normalized spacial score (nSPS) is 24.5. The van der Waals surface area contributed by atoms with Crippen LogP contribution in [0.25, 0.3) is 0 Å². The largest absolute Gasteiger partial charge is 0.481 e. The average molecular weight is 189 g/mol. The molecule has 1 saturated heterocycles. The molecule has 0 aliphatic carbocycles. The lowest BCUT2D eigenvalue weighted by atomic mass is 10.2. The van der Waals surface area contributed by atoms with Gasteiger partial charge in [0.1, 0.15) is 0 Å². The Morgan fingerprint density at radius 3 is 3.00 bits per heavy atom. The van der Waals surface area contributed by atoms with Crippen LogP contribution in [0.1, 0.15) is 6.42 Å². The van der Waals surface area contributed by atoms with E-state index >= 15 is 0 Å². The summed E-state index contributed by atoms with van der Waals surface area (Å²) in [6.07, 6.45) is 0.000520. The second-order valence-electron chi connectivity index (χ2n) is 3.12. The molecule has 1 aliphatic rings. The van der Waals surface area contributed by atoms with E-state index in [-0.39, 0.29) is 19.1 Å². The number of aliphatic hydroxyl groups is 1. The number of carbonyl (C=O) groups is 1. The molecule has 0 aromatic carbocycles. The molecule has 76 valence electrons. The zero-order valence-electron chi connectivity index (χ0n) is 7.48. The summed E-state index contributed by atoms with van der Waals surface area (Å²) in [6.45, 7) is 2.50. The first kappa shape index (κ1) is 10.4. The van der Waals surface area contributed by atoms with Gasteiger partial charge >= 0.3 is 5.97 Å². The number of aliphatic hydroxyl groups excluding tert-OH is 1. The predicted octanol–water partition coefficient (Wildman–Crippen LogP) is -0.846. The van der Waals surface area contributed by atoms with Gasteiger partial charge in [0.05, 0.1) is 25.7 Å². The van der Waals surface area contributed by atoms with Crippen LogP contribution in [0.3, 0.4) is 0 Å². The van der Waals surface area contributed by atoms with Gasteiger partial charge in [0.15, 0.2) is 0 Å². The number of nitrogens with zero attached hydrogens (tertiary/aromatic N) is 1. The maximum absolute atomic E-state index is 10.3. The third-order valence-corrected chi connectivity index (χ3v) is 2.07. The molecule has 1 rings (SSSR count). The van der Waals surface area contributed by atoms with E-state index < -0.39 is 5.97 Å². The van der Waals surface area contributed by atoms with Gasteiger partial charge in [-0.2, -0.15) is 0 Å². The average Bonchev–Trinajstić information content (AvgIpc) is 2.15. The van der Waals surface area contributed by atoms with Crippen LogP contribution < -0.4 is 0 Å². The van der Waals surface area contributed by atoms with Gasteiger partial charge in [0, 0.05) is 19.6 Å². The van der Waals surface area contributed by atoms with Crippen LogP contribution in [0.15, 0.2) is 0 Å². The molecule has 0 aromatic heterocycles. The quantitative estimate of drug-likeness (QED) is 0.603. The van der Waals surface area contributed by atoms with Crippen molar-refractivity contribution in [1.82, 2.24) is 4.90 Å². The number of rotatable bonds is 4. The summed E-state index contributed by atoms with van der Waals surface area (Å²) >= 11 is 0. The lowest BCUT2D eigenvalue weighted by molar-refractivity contribution is -0.138. The zero-order chi connectivity index (χ0) is 9.68. The Morgan fingerprint density at radius 2 is 2.38 bits per heavy atom. The van der Waals surface area contributed by atoms with Crippen molar-refractivity contribution in [3.05, 3.63) is 0 Å². The first-order valence-corrected chi connectivity index (χ1v) is 4.39. The summed E-state index contributed by atoms with van der Waals surface area (Å²) < 4.78 is 5.23. The Hall–Kier alpha value is -0.650. The molecule has 0 radical (unpaired) electrons. The Morgan fingerprint density at radius 1 is 1.62 bits per heavy atom. The second kappa shape index (κ2) is 5.16. The van der Waals surface area contributed by atoms with Crippen LogP contribution in [-0.2, 0) is 9.53 Å². The van der Waals surface area contributed by atoms with Gasteiger partial charge in [-0.05, 0) is 0 Å². The van der Waals surface area contributed by atoms with E-state index in [0.717, 1.165) is 6.54 Å². The van der Waals surface area contributed by atoms with E-state index in [2.05, 4.69) is 0 Å². The maximum atomic E-state index is 10.3. The van der Waals surface area contributed by atoms with Crippen LogP contribution in [0.5, 0.6) is 0 Å². The van der Waals surface area contributed by atoms with Crippen molar-refractivity contribution in [3.8, 4) is 0 Å². The van der Waals surface area contributed by atoms with Crippen LogP contribution in [-0.4, -0.2) is 60.0 Å². The van der Waals surface area contributed by atoms with Crippen molar-refractivity contribution < 1.29 is 19.7 Å². The van der Waals surface area contributed by atoms with Gasteiger partial charge in [0.2, 0.25) is 0 Å². The van der Waals surface area contributed by atoms with Crippen LogP contribution >= 0.6 is 0 Å². The lowest BCUT2D eigenvalue weighted by Gasteiger charge is -2.31. The summed E-state index contributed by atoms with van der Waals surface area (Å²) in [4.78, 5) is 12.3. The smallest absolute Gasteiger partial charge is 0.304 e. The number of carboxylic acids is 1. The van der Waals surface area contributed by atoms with Crippen molar-refractivity contribution in [2.24, 2.45) is 0 Å². The minimum atomic E-state index is -0.785. The fourth-order valence-corrected chi connectivity index (χ4v) is 1.35. The highest BCUT2D eigenvalue weighted by molar-refractivity contribution is 5.66. The Bertz CT molecular complexity index is 174. The molecule has 1 atom stereocenters. The molecule has 1 unspecified atom stereocenters. The third kappa shape index (κ3) is 3.71. The lowest BCUT2D eigenvalue weighted by Crippen LogP contribution is -2.44. The molecule has 0 amide bonds. The molecule has 1 aliphatic heterocycles. The Balaban J connectivity index is 2.21. The minimum absolute atomic E-state index is 0.00354. The van der Waals surface area contributed by atoms with Gasteiger partial charge in [0.25, 0.3) is 0 Å². The zero-order valence-corrected chi connectivity index (χ0v) is 7.48. The molecule has 0 saturated carbocycles. The number of ether oxygens (including phenoxy) is 1. The number of morpholine rings is 1. The minimum Gasteiger partial charge on any atom is -0.481 e. The first-order chi connectivity index (χ1) is 6.22. The number of hydrogen-bond donors (Lipinski definition) is 2. The van der Waals surface area contributed by atoms with Crippen LogP contribution in [0, 0.1) is 0 Å². The Kier molecular flexibility index (Phi) is 4.14. The van der Waals surface area contributed by atoms with Gasteiger partial charge in [-0.15, -0.1) is 0 Å². The molecule has 2 N–H and O–H groups in total. The fraction of sp³-hybridized carbons (Fsp3) is 0.875. The van der Waals surface area contributed by atoms with Gasteiger partial charge in [-0.1, -0.05) is 0 Å². The van der Waals surface area contributed by atoms with E-state index in [9.17, 15) is 4.79 Å². The summed E-state index contributed by atoms with van der Waals surface area (Å²) in [5, 5.41) is 17.3. The summed E-state index contributed by atoms with van der Waals surface area (Å²) in [5.41, 5.74) is 0. The van der Waals surface area contributed by atoms with E-state index in [0.29, 0.717) is 19.7 Å². The number of carboxylic acid groups (broad SMARTS) is 1. The summed E-state index contributed by atoms with van der Waals surface area (Å²) in [6, 6.07) is 0. The molecule has 0 bridgehead atoms. The Labute approximate surface area is 76.9 Å². The monoisotopic (exact) mass is 189 g/mol. The molecule has 5 heteroatoms. The maximum Gasteiger partial charge on any atom is 0.304 e.